The number of aryl methyl sites for hydroxylation is 1. The van der Waals surface area contributed by atoms with E-state index in [1.165, 1.54) is 0 Å². The summed E-state index contributed by atoms with van der Waals surface area (Å²) in [6.07, 6.45) is 0.868. The minimum absolute atomic E-state index is 0.0614. The molecule has 16 heavy (non-hydrogen) atoms. The van der Waals surface area contributed by atoms with Crippen molar-refractivity contribution >= 4 is 11.6 Å². The summed E-state index contributed by atoms with van der Waals surface area (Å²) in [5, 5.41) is 0.781. The second-order valence-corrected chi connectivity index (χ2v) is 5.37. The lowest BCUT2D eigenvalue weighted by Gasteiger charge is -2.24. The SMILES string of the molecule is COc1cc(C)c(Cl)cc1CC(C)(C)CN. The summed E-state index contributed by atoms with van der Waals surface area (Å²) < 4.78 is 5.37. The topological polar surface area (TPSA) is 35.2 Å². The van der Waals surface area contributed by atoms with E-state index in [0.717, 1.165) is 28.3 Å². The first-order valence-corrected chi connectivity index (χ1v) is 5.80. The zero-order chi connectivity index (χ0) is 12.3. The molecule has 1 rings (SSSR count). The first kappa shape index (κ1) is 13.3. The molecule has 2 N–H and O–H groups in total. The van der Waals surface area contributed by atoms with Gasteiger partial charge in [-0.25, -0.2) is 0 Å². The molecule has 0 heterocycles. The maximum absolute atomic E-state index is 6.13. The first-order chi connectivity index (χ1) is 7.39. The van der Waals surface area contributed by atoms with Crippen LogP contribution in [0.25, 0.3) is 0 Å². The van der Waals surface area contributed by atoms with Gasteiger partial charge in [-0.3, -0.25) is 0 Å². The highest BCUT2D eigenvalue weighted by Gasteiger charge is 2.19. The van der Waals surface area contributed by atoms with Crippen molar-refractivity contribution in [2.24, 2.45) is 11.1 Å². The summed E-state index contributed by atoms with van der Waals surface area (Å²) >= 11 is 6.13. The zero-order valence-electron chi connectivity index (χ0n) is 10.4. The Balaban J connectivity index is 3.08. The third-order valence-corrected chi connectivity index (χ3v) is 3.19. The molecule has 0 bridgehead atoms. The van der Waals surface area contributed by atoms with Crippen LogP contribution in [0.1, 0.15) is 25.0 Å². The highest BCUT2D eigenvalue weighted by molar-refractivity contribution is 6.31. The molecule has 2 nitrogen and oxygen atoms in total. The number of benzene rings is 1. The number of methoxy groups -OCH3 is 1. The van der Waals surface area contributed by atoms with Gasteiger partial charge in [0, 0.05) is 5.02 Å². The van der Waals surface area contributed by atoms with Gasteiger partial charge in [-0.15, -0.1) is 0 Å². The molecule has 0 aliphatic carbocycles. The lowest BCUT2D eigenvalue weighted by Crippen LogP contribution is -2.26. The Hall–Kier alpha value is -0.730. The second kappa shape index (κ2) is 5.07. The largest absolute Gasteiger partial charge is 0.496 e. The molecule has 0 atom stereocenters. The van der Waals surface area contributed by atoms with Crippen molar-refractivity contribution in [1.29, 1.82) is 0 Å². The fraction of sp³-hybridized carbons (Fsp3) is 0.538. The number of hydrogen-bond donors (Lipinski definition) is 1. The molecule has 1 aromatic carbocycles. The van der Waals surface area contributed by atoms with Crippen LogP contribution < -0.4 is 10.5 Å². The van der Waals surface area contributed by atoms with Gasteiger partial charge < -0.3 is 10.5 Å². The molecule has 1 aromatic rings. The number of halogens is 1. The van der Waals surface area contributed by atoms with Gasteiger partial charge in [0.25, 0.3) is 0 Å². The quantitative estimate of drug-likeness (QED) is 0.879. The lowest BCUT2D eigenvalue weighted by molar-refractivity contribution is 0.359. The van der Waals surface area contributed by atoms with Crippen LogP contribution in [0, 0.1) is 12.3 Å². The molecule has 0 saturated heterocycles. The standard InChI is InChI=1S/C13H20ClNO/c1-9-5-12(16-4)10(6-11(9)14)7-13(2,3)8-15/h5-6H,7-8,15H2,1-4H3. The first-order valence-electron chi connectivity index (χ1n) is 5.42. The predicted octanol–water partition coefficient (Wildman–Crippen LogP) is 3.18. The molecule has 0 aromatic heterocycles. The molecule has 0 aliphatic rings. The predicted molar refractivity (Wildman–Crippen MR) is 69.3 cm³/mol. The minimum Gasteiger partial charge on any atom is -0.496 e. The van der Waals surface area contributed by atoms with E-state index >= 15 is 0 Å². The molecule has 0 aliphatic heterocycles. The van der Waals surface area contributed by atoms with Crippen molar-refractivity contribution in [3.05, 3.63) is 28.3 Å². The van der Waals surface area contributed by atoms with Crippen LogP contribution in [-0.2, 0) is 6.42 Å². The van der Waals surface area contributed by atoms with Gasteiger partial charge in [-0.05, 0) is 48.6 Å². The van der Waals surface area contributed by atoms with Gasteiger partial charge in [0.1, 0.15) is 5.75 Å². The maximum Gasteiger partial charge on any atom is 0.122 e. The summed E-state index contributed by atoms with van der Waals surface area (Å²) in [5.41, 5.74) is 7.96. The molecular weight excluding hydrogens is 222 g/mol. The Kier molecular flexibility index (Phi) is 4.22. The van der Waals surface area contributed by atoms with Crippen LogP contribution in [0.15, 0.2) is 12.1 Å². The average molecular weight is 242 g/mol. The number of rotatable bonds is 4. The van der Waals surface area contributed by atoms with Gasteiger partial charge in [-0.2, -0.15) is 0 Å². The van der Waals surface area contributed by atoms with Gasteiger partial charge in [0.15, 0.2) is 0 Å². The highest BCUT2D eigenvalue weighted by atomic mass is 35.5. The molecule has 0 radical (unpaired) electrons. The van der Waals surface area contributed by atoms with E-state index < -0.39 is 0 Å². The Bertz CT molecular complexity index is 374. The van der Waals surface area contributed by atoms with E-state index in [4.69, 9.17) is 22.1 Å². The minimum atomic E-state index is 0.0614. The van der Waals surface area contributed by atoms with Crippen LogP contribution in [0.5, 0.6) is 5.75 Å². The lowest BCUT2D eigenvalue weighted by atomic mass is 9.85. The summed E-state index contributed by atoms with van der Waals surface area (Å²) in [6, 6.07) is 3.96. The molecule has 0 fully saturated rings. The second-order valence-electron chi connectivity index (χ2n) is 4.96. The summed E-state index contributed by atoms with van der Waals surface area (Å²) in [6.45, 7) is 6.89. The maximum atomic E-state index is 6.13. The van der Waals surface area contributed by atoms with Crippen LogP contribution in [0.2, 0.25) is 5.02 Å². The van der Waals surface area contributed by atoms with Crippen LogP contribution >= 0.6 is 11.6 Å². The Morgan fingerprint density at radius 2 is 2.00 bits per heavy atom. The molecular formula is C13H20ClNO. The van der Waals surface area contributed by atoms with Crippen LogP contribution in [0.3, 0.4) is 0 Å². The third kappa shape index (κ3) is 3.13. The van der Waals surface area contributed by atoms with Gasteiger partial charge in [0.05, 0.1) is 7.11 Å². The fourth-order valence-corrected chi connectivity index (χ4v) is 1.80. The van der Waals surface area contributed by atoms with Crippen molar-refractivity contribution in [1.82, 2.24) is 0 Å². The third-order valence-electron chi connectivity index (χ3n) is 2.78. The Morgan fingerprint density at radius 3 is 2.50 bits per heavy atom. The van der Waals surface area contributed by atoms with Gasteiger partial charge >= 0.3 is 0 Å². The Morgan fingerprint density at radius 1 is 1.38 bits per heavy atom. The van der Waals surface area contributed by atoms with Crippen molar-refractivity contribution in [2.45, 2.75) is 27.2 Å². The van der Waals surface area contributed by atoms with E-state index in [0.29, 0.717) is 6.54 Å². The average Bonchev–Trinajstić information content (AvgIpc) is 2.22. The number of hydrogen-bond acceptors (Lipinski definition) is 2. The smallest absolute Gasteiger partial charge is 0.122 e. The van der Waals surface area contributed by atoms with Crippen molar-refractivity contribution in [3.63, 3.8) is 0 Å². The molecule has 0 saturated carbocycles. The molecule has 0 unspecified atom stereocenters. The van der Waals surface area contributed by atoms with Gasteiger partial charge in [-0.1, -0.05) is 25.4 Å². The molecule has 90 valence electrons. The van der Waals surface area contributed by atoms with Crippen molar-refractivity contribution in [3.8, 4) is 5.75 Å². The van der Waals surface area contributed by atoms with E-state index in [-0.39, 0.29) is 5.41 Å². The fourth-order valence-electron chi connectivity index (χ4n) is 1.61. The van der Waals surface area contributed by atoms with E-state index in [9.17, 15) is 0 Å². The monoisotopic (exact) mass is 241 g/mol. The van der Waals surface area contributed by atoms with E-state index in [1.54, 1.807) is 7.11 Å². The highest BCUT2D eigenvalue weighted by Crippen LogP contribution is 2.31. The summed E-state index contributed by atoms with van der Waals surface area (Å²) in [5.74, 6) is 0.892. The van der Waals surface area contributed by atoms with Crippen LogP contribution in [-0.4, -0.2) is 13.7 Å². The van der Waals surface area contributed by atoms with Crippen LogP contribution in [0.4, 0.5) is 0 Å². The molecule has 3 heteroatoms. The van der Waals surface area contributed by atoms with Gasteiger partial charge in [0.2, 0.25) is 0 Å². The number of ether oxygens (including phenoxy) is 1. The van der Waals surface area contributed by atoms with E-state index in [1.807, 2.05) is 19.1 Å². The number of nitrogens with two attached hydrogens (primary N) is 1. The van der Waals surface area contributed by atoms with Crippen molar-refractivity contribution in [2.75, 3.05) is 13.7 Å². The normalized spacial score (nSPS) is 11.6. The molecule has 0 spiro atoms. The zero-order valence-corrected chi connectivity index (χ0v) is 11.2. The summed E-state index contributed by atoms with van der Waals surface area (Å²) in [4.78, 5) is 0. The summed E-state index contributed by atoms with van der Waals surface area (Å²) in [7, 11) is 1.68. The van der Waals surface area contributed by atoms with E-state index in [2.05, 4.69) is 13.8 Å². The van der Waals surface area contributed by atoms with Crippen molar-refractivity contribution < 1.29 is 4.74 Å². The Labute approximate surface area is 103 Å². The molecule has 0 amide bonds.